The third-order valence-electron chi connectivity index (χ3n) is 4.62. The highest BCUT2D eigenvalue weighted by Gasteiger charge is 2.19. The number of carbonyl (C=O) groups is 1. The minimum atomic E-state index is -0.239. The van der Waals surface area contributed by atoms with Gasteiger partial charge in [-0.2, -0.15) is 0 Å². The van der Waals surface area contributed by atoms with Crippen LogP contribution in [0.2, 0.25) is 0 Å². The number of carbonyl (C=O) groups excluding carboxylic acids is 1. The number of benzene rings is 2. The molecule has 1 atom stereocenters. The van der Waals surface area contributed by atoms with Gasteiger partial charge in [-0.15, -0.1) is 11.3 Å². The number of nitrogens with zero attached hydrogens (tertiary/aromatic N) is 1. The lowest BCUT2D eigenvalue weighted by atomic mass is 10.0. The molecule has 1 unspecified atom stereocenters. The van der Waals surface area contributed by atoms with Crippen molar-refractivity contribution in [3.8, 4) is 22.4 Å². The Labute approximate surface area is 174 Å². The van der Waals surface area contributed by atoms with Gasteiger partial charge in [-0.25, -0.2) is 9.37 Å². The minimum Gasteiger partial charge on any atom is -0.466 e. The maximum Gasteiger partial charge on any atom is 0.310 e. The van der Waals surface area contributed by atoms with E-state index in [-0.39, 0.29) is 17.7 Å². The van der Waals surface area contributed by atoms with Gasteiger partial charge < -0.3 is 10.1 Å². The summed E-state index contributed by atoms with van der Waals surface area (Å²) in [6.07, 6.45) is 1.71. The summed E-state index contributed by atoms with van der Waals surface area (Å²) in [7, 11) is 0. The highest BCUT2D eigenvalue weighted by Crippen LogP contribution is 2.28. The van der Waals surface area contributed by atoms with E-state index in [1.807, 2.05) is 36.6 Å². The SMILES string of the molecule is CCCC(CNc1nc(-c2ccc(-c3ccc(F)cc3)cc2)cs1)C(=O)OCC. The van der Waals surface area contributed by atoms with Gasteiger partial charge in [0, 0.05) is 17.5 Å². The number of hydrogen-bond acceptors (Lipinski definition) is 5. The van der Waals surface area contributed by atoms with Crippen molar-refractivity contribution in [1.29, 1.82) is 0 Å². The fourth-order valence-electron chi connectivity index (χ4n) is 3.09. The molecule has 3 aromatic rings. The molecule has 0 fully saturated rings. The number of esters is 1. The molecular formula is C23H25FN2O2S. The van der Waals surface area contributed by atoms with Crippen LogP contribution in [0.5, 0.6) is 0 Å². The van der Waals surface area contributed by atoms with E-state index in [1.165, 1.54) is 23.5 Å². The maximum absolute atomic E-state index is 13.1. The first kappa shape index (κ1) is 21.0. The predicted molar refractivity (Wildman–Crippen MR) is 116 cm³/mol. The Morgan fingerprint density at radius 1 is 1.07 bits per heavy atom. The van der Waals surface area contributed by atoms with E-state index in [1.54, 1.807) is 12.1 Å². The van der Waals surface area contributed by atoms with Gasteiger partial charge >= 0.3 is 5.97 Å². The van der Waals surface area contributed by atoms with Crippen LogP contribution in [-0.2, 0) is 9.53 Å². The third kappa shape index (κ3) is 5.64. The van der Waals surface area contributed by atoms with Crippen molar-refractivity contribution >= 4 is 22.4 Å². The van der Waals surface area contributed by atoms with Crippen LogP contribution in [0, 0.1) is 11.7 Å². The Hall–Kier alpha value is -2.73. The second-order valence-corrected chi connectivity index (χ2v) is 7.60. The number of rotatable bonds is 9. The van der Waals surface area contributed by atoms with Crippen molar-refractivity contribution in [3.05, 3.63) is 59.7 Å². The first-order valence-electron chi connectivity index (χ1n) is 9.83. The van der Waals surface area contributed by atoms with Crippen molar-refractivity contribution in [2.24, 2.45) is 5.92 Å². The number of aromatic nitrogens is 1. The Bertz CT molecular complexity index is 923. The van der Waals surface area contributed by atoms with Crippen molar-refractivity contribution in [3.63, 3.8) is 0 Å². The van der Waals surface area contributed by atoms with Crippen LogP contribution in [0.4, 0.5) is 9.52 Å². The standard InChI is InChI=1S/C23H25FN2O2S/c1-3-5-19(22(27)28-4-2)14-25-23-26-21(15-29-23)18-8-6-16(7-9-18)17-10-12-20(24)13-11-17/h6-13,15,19H,3-5,14H2,1-2H3,(H,25,26). The normalized spacial score (nSPS) is 11.8. The van der Waals surface area contributed by atoms with E-state index < -0.39 is 0 Å². The first-order valence-corrected chi connectivity index (χ1v) is 10.7. The topological polar surface area (TPSA) is 51.2 Å². The van der Waals surface area contributed by atoms with Crippen LogP contribution < -0.4 is 5.32 Å². The molecule has 0 aliphatic heterocycles. The zero-order valence-electron chi connectivity index (χ0n) is 16.7. The Morgan fingerprint density at radius 2 is 1.69 bits per heavy atom. The van der Waals surface area contributed by atoms with Crippen molar-refractivity contribution in [2.75, 3.05) is 18.5 Å². The molecular weight excluding hydrogens is 387 g/mol. The van der Waals surface area contributed by atoms with Crippen LogP contribution in [0.1, 0.15) is 26.7 Å². The number of ether oxygens (including phenoxy) is 1. The van der Waals surface area contributed by atoms with Crippen LogP contribution in [-0.4, -0.2) is 24.1 Å². The lowest BCUT2D eigenvalue weighted by molar-refractivity contribution is -0.147. The summed E-state index contributed by atoms with van der Waals surface area (Å²) in [5.41, 5.74) is 3.89. The molecule has 0 aliphatic carbocycles. The molecule has 0 spiro atoms. The van der Waals surface area contributed by atoms with Crippen LogP contribution >= 0.6 is 11.3 Å². The summed E-state index contributed by atoms with van der Waals surface area (Å²) in [4.78, 5) is 16.7. The zero-order valence-corrected chi connectivity index (χ0v) is 17.5. The fraction of sp³-hybridized carbons (Fsp3) is 0.304. The van der Waals surface area contributed by atoms with Crippen LogP contribution in [0.15, 0.2) is 53.9 Å². The maximum atomic E-state index is 13.1. The van der Waals surface area contributed by atoms with Gasteiger partial charge in [0.15, 0.2) is 5.13 Å². The quantitative estimate of drug-likeness (QED) is 0.438. The molecule has 0 saturated carbocycles. The van der Waals surface area contributed by atoms with E-state index in [2.05, 4.69) is 17.2 Å². The van der Waals surface area contributed by atoms with E-state index >= 15 is 0 Å². The summed E-state index contributed by atoms with van der Waals surface area (Å²) < 4.78 is 18.2. The van der Waals surface area contributed by atoms with Gasteiger partial charge in [0.05, 0.1) is 18.2 Å². The average Bonchev–Trinajstić information content (AvgIpc) is 3.21. The third-order valence-corrected chi connectivity index (χ3v) is 5.42. The Kier molecular flexibility index (Phi) is 7.36. The molecule has 4 nitrogen and oxygen atoms in total. The molecule has 1 N–H and O–H groups in total. The smallest absolute Gasteiger partial charge is 0.310 e. The lowest BCUT2D eigenvalue weighted by Gasteiger charge is -2.14. The number of halogens is 1. The van der Waals surface area contributed by atoms with E-state index in [0.29, 0.717) is 13.2 Å². The van der Waals surface area contributed by atoms with Crippen molar-refractivity contribution in [2.45, 2.75) is 26.7 Å². The van der Waals surface area contributed by atoms with Crippen molar-refractivity contribution in [1.82, 2.24) is 4.98 Å². The molecule has 0 amide bonds. The summed E-state index contributed by atoms with van der Waals surface area (Å²) in [5.74, 6) is -0.561. The summed E-state index contributed by atoms with van der Waals surface area (Å²) in [6, 6.07) is 14.5. The van der Waals surface area contributed by atoms with Gasteiger partial charge in [0.25, 0.3) is 0 Å². The lowest BCUT2D eigenvalue weighted by Crippen LogP contribution is -2.25. The molecule has 0 radical (unpaired) electrons. The summed E-state index contributed by atoms with van der Waals surface area (Å²) in [6.45, 7) is 4.80. The molecule has 1 aromatic heterocycles. The first-order chi connectivity index (χ1) is 14.1. The average molecular weight is 413 g/mol. The van der Waals surface area contributed by atoms with Crippen molar-refractivity contribution < 1.29 is 13.9 Å². The number of anilines is 1. The van der Waals surface area contributed by atoms with Gasteiger partial charge in [0.2, 0.25) is 0 Å². The minimum absolute atomic E-state index is 0.157. The number of hydrogen-bond donors (Lipinski definition) is 1. The molecule has 2 aromatic carbocycles. The van der Waals surface area contributed by atoms with E-state index in [4.69, 9.17) is 4.74 Å². The second kappa shape index (κ2) is 10.2. The molecule has 3 rings (SSSR count). The van der Waals surface area contributed by atoms with E-state index in [9.17, 15) is 9.18 Å². The molecule has 6 heteroatoms. The van der Waals surface area contributed by atoms with Crippen LogP contribution in [0.25, 0.3) is 22.4 Å². The molecule has 1 heterocycles. The second-order valence-electron chi connectivity index (χ2n) is 6.74. The van der Waals surface area contributed by atoms with Gasteiger partial charge in [-0.3, -0.25) is 4.79 Å². The largest absolute Gasteiger partial charge is 0.466 e. The van der Waals surface area contributed by atoms with E-state index in [0.717, 1.165) is 40.4 Å². The predicted octanol–water partition coefficient (Wildman–Crippen LogP) is 6.01. The molecule has 0 bridgehead atoms. The molecule has 0 aliphatic rings. The molecule has 152 valence electrons. The van der Waals surface area contributed by atoms with Crippen LogP contribution in [0.3, 0.4) is 0 Å². The fourth-order valence-corrected chi connectivity index (χ4v) is 3.82. The van der Waals surface area contributed by atoms with Gasteiger partial charge in [0.1, 0.15) is 5.82 Å². The Balaban J connectivity index is 1.64. The zero-order chi connectivity index (χ0) is 20.6. The highest BCUT2D eigenvalue weighted by molar-refractivity contribution is 7.14. The summed E-state index contributed by atoms with van der Waals surface area (Å²) in [5, 5.41) is 6.05. The molecule has 29 heavy (non-hydrogen) atoms. The van der Waals surface area contributed by atoms with Gasteiger partial charge in [-0.05, 0) is 36.6 Å². The monoisotopic (exact) mass is 412 g/mol. The molecule has 0 saturated heterocycles. The Morgan fingerprint density at radius 3 is 2.31 bits per heavy atom. The van der Waals surface area contributed by atoms with Gasteiger partial charge in [-0.1, -0.05) is 49.7 Å². The highest BCUT2D eigenvalue weighted by atomic mass is 32.1. The number of nitrogens with one attached hydrogen (secondary N) is 1. The number of thiazole rings is 1. The summed E-state index contributed by atoms with van der Waals surface area (Å²) >= 11 is 1.52.